The van der Waals surface area contributed by atoms with E-state index < -0.39 is 11.9 Å². The number of hydrogen-bond acceptors (Lipinski definition) is 5. The van der Waals surface area contributed by atoms with Gasteiger partial charge in [0.25, 0.3) is 0 Å². The minimum absolute atomic E-state index is 0.381. The quantitative estimate of drug-likeness (QED) is 0.797. The molecule has 0 aliphatic heterocycles. The lowest BCUT2D eigenvalue weighted by molar-refractivity contribution is -0.140. The predicted molar refractivity (Wildman–Crippen MR) is 63.7 cm³/mol. The molecule has 0 bridgehead atoms. The van der Waals surface area contributed by atoms with Crippen LogP contribution in [0.1, 0.15) is 25.8 Å². The van der Waals surface area contributed by atoms with E-state index in [2.05, 4.69) is 29.4 Å². The molecule has 1 aromatic heterocycles. The van der Waals surface area contributed by atoms with E-state index in [1.807, 2.05) is 0 Å². The number of carbonyl (C=O) groups is 1. The summed E-state index contributed by atoms with van der Waals surface area (Å²) in [6, 6.07) is 0. The van der Waals surface area contributed by atoms with Gasteiger partial charge < -0.3 is 10.4 Å². The zero-order chi connectivity index (χ0) is 12.1. The third-order valence-electron chi connectivity index (χ3n) is 2.03. The van der Waals surface area contributed by atoms with Gasteiger partial charge in [0.15, 0.2) is 0 Å². The Balaban J connectivity index is 2.43. The molecule has 0 aromatic carbocycles. The van der Waals surface area contributed by atoms with Crippen LogP contribution < -0.4 is 5.32 Å². The summed E-state index contributed by atoms with van der Waals surface area (Å²) >= 11 is 1.49. The van der Waals surface area contributed by atoms with Crippen LogP contribution in [-0.4, -0.2) is 27.8 Å². The van der Waals surface area contributed by atoms with Gasteiger partial charge in [0.1, 0.15) is 5.01 Å². The third kappa shape index (κ3) is 4.14. The van der Waals surface area contributed by atoms with Gasteiger partial charge in [0.05, 0.1) is 5.92 Å². The van der Waals surface area contributed by atoms with Crippen LogP contribution in [0.2, 0.25) is 0 Å². The van der Waals surface area contributed by atoms with Crippen LogP contribution in [-0.2, 0) is 11.2 Å². The van der Waals surface area contributed by atoms with Gasteiger partial charge in [-0.25, -0.2) is 0 Å². The largest absolute Gasteiger partial charge is 0.481 e. The molecule has 1 aromatic rings. The third-order valence-corrected chi connectivity index (χ3v) is 2.93. The minimum atomic E-state index is -0.806. The predicted octanol–water partition coefficient (Wildman–Crippen LogP) is 1.87. The van der Waals surface area contributed by atoms with Gasteiger partial charge in [0, 0.05) is 13.0 Å². The summed E-state index contributed by atoms with van der Waals surface area (Å²) in [6.45, 7) is 6.29. The fraction of sp³-hybridized carbons (Fsp3) is 0.700. The maximum absolute atomic E-state index is 10.6. The van der Waals surface area contributed by atoms with Gasteiger partial charge in [-0.15, -0.1) is 10.2 Å². The second kappa shape index (κ2) is 5.79. The lowest BCUT2D eigenvalue weighted by Gasteiger charge is -2.05. The molecule has 1 atom stereocenters. The first-order valence-corrected chi connectivity index (χ1v) is 6.09. The van der Waals surface area contributed by atoms with Crippen LogP contribution >= 0.6 is 11.3 Å². The van der Waals surface area contributed by atoms with Crippen LogP contribution in [0.15, 0.2) is 0 Å². The van der Waals surface area contributed by atoms with Crippen molar-refractivity contribution in [2.45, 2.75) is 27.2 Å². The van der Waals surface area contributed by atoms with E-state index in [0.717, 1.165) is 11.4 Å². The molecular formula is C10H17N3O2S. The molecular weight excluding hydrogens is 226 g/mol. The second-order valence-electron chi connectivity index (χ2n) is 4.22. The molecule has 6 heteroatoms. The molecule has 0 saturated heterocycles. The molecule has 0 aliphatic rings. The van der Waals surface area contributed by atoms with Crippen molar-refractivity contribution in [3.05, 3.63) is 5.01 Å². The summed E-state index contributed by atoms with van der Waals surface area (Å²) in [7, 11) is 0. The Morgan fingerprint density at radius 3 is 2.69 bits per heavy atom. The number of hydrogen-bond donors (Lipinski definition) is 2. The van der Waals surface area contributed by atoms with Crippen LogP contribution in [0.5, 0.6) is 0 Å². The number of rotatable bonds is 6. The first-order valence-electron chi connectivity index (χ1n) is 5.28. The number of aromatic nitrogens is 2. The van der Waals surface area contributed by atoms with Crippen LogP contribution in [0, 0.1) is 11.8 Å². The van der Waals surface area contributed by atoms with Gasteiger partial charge >= 0.3 is 5.97 Å². The lowest BCUT2D eigenvalue weighted by atomic mass is 10.1. The Morgan fingerprint density at radius 1 is 1.44 bits per heavy atom. The molecule has 5 nitrogen and oxygen atoms in total. The van der Waals surface area contributed by atoms with E-state index in [-0.39, 0.29) is 0 Å². The second-order valence-corrected chi connectivity index (χ2v) is 5.28. The summed E-state index contributed by atoms with van der Waals surface area (Å²) in [6.07, 6.45) is 0.911. The zero-order valence-electron chi connectivity index (χ0n) is 9.73. The average Bonchev–Trinajstić information content (AvgIpc) is 2.60. The van der Waals surface area contributed by atoms with Crippen molar-refractivity contribution in [1.82, 2.24) is 10.2 Å². The monoisotopic (exact) mass is 243 g/mol. The standard InChI is InChI=1S/C10H17N3O2S/c1-6(2)4-8-12-13-10(16-8)11-5-7(3)9(14)15/h6-7H,4-5H2,1-3H3,(H,11,13)(H,14,15). The summed E-state index contributed by atoms with van der Waals surface area (Å²) in [5, 5.41) is 21.4. The van der Waals surface area contributed by atoms with Crippen LogP contribution in [0.25, 0.3) is 0 Å². The summed E-state index contributed by atoms with van der Waals surface area (Å²) < 4.78 is 0. The van der Waals surface area contributed by atoms with Gasteiger partial charge in [0.2, 0.25) is 5.13 Å². The molecule has 1 rings (SSSR count). The van der Waals surface area contributed by atoms with E-state index in [1.54, 1.807) is 6.92 Å². The topological polar surface area (TPSA) is 75.1 Å². The SMILES string of the molecule is CC(C)Cc1nnc(NCC(C)C(=O)O)s1. The summed E-state index contributed by atoms with van der Waals surface area (Å²) in [5.41, 5.74) is 0. The molecule has 0 aliphatic carbocycles. The molecule has 0 radical (unpaired) electrons. The number of nitrogens with one attached hydrogen (secondary N) is 1. The molecule has 0 spiro atoms. The number of carboxylic acid groups (broad SMARTS) is 1. The molecule has 0 amide bonds. The van der Waals surface area contributed by atoms with Crippen molar-refractivity contribution in [1.29, 1.82) is 0 Å². The zero-order valence-corrected chi connectivity index (χ0v) is 10.5. The van der Waals surface area contributed by atoms with E-state index in [0.29, 0.717) is 17.6 Å². The molecule has 0 fully saturated rings. The van der Waals surface area contributed by atoms with Crippen molar-refractivity contribution in [2.75, 3.05) is 11.9 Å². The first kappa shape index (κ1) is 12.9. The highest BCUT2D eigenvalue weighted by molar-refractivity contribution is 7.15. The smallest absolute Gasteiger partial charge is 0.308 e. The van der Waals surface area contributed by atoms with Gasteiger partial charge in [-0.3, -0.25) is 4.79 Å². The van der Waals surface area contributed by atoms with Crippen molar-refractivity contribution in [2.24, 2.45) is 11.8 Å². The molecule has 16 heavy (non-hydrogen) atoms. The van der Waals surface area contributed by atoms with Crippen molar-refractivity contribution in [3.63, 3.8) is 0 Å². The van der Waals surface area contributed by atoms with E-state index in [1.165, 1.54) is 11.3 Å². The Bertz CT molecular complexity index is 352. The normalized spacial score (nSPS) is 12.8. The highest BCUT2D eigenvalue weighted by Gasteiger charge is 2.12. The van der Waals surface area contributed by atoms with Gasteiger partial charge in [-0.2, -0.15) is 0 Å². The number of nitrogens with zero attached hydrogens (tertiary/aromatic N) is 2. The maximum atomic E-state index is 10.6. The Kier molecular flexibility index (Phi) is 4.67. The Morgan fingerprint density at radius 2 is 2.12 bits per heavy atom. The fourth-order valence-electron chi connectivity index (χ4n) is 1.08. The Labute approximate surface area is 98.9 Å². The summed E-state index contributed by atoms with van der Waals surface area (Å²) in [5.74, 6) is -0.671. The molecule has 2 N–H and O–H groups in total. The van der Waals surface area contributed by atoms with Gasteiger partial charge in [-0.05, 0) is 5.92 Å². The number of anilines is 1. The fourth-order valence-corrected chi connectivity index (χ4v) is 2.04. The van der Waals surface area contributed by atoms with Gasteiger partial charge in [-0.1, -0.05) is 32.1 Å². The molecule has 1 unspecified atom stereocenters. The van der Waals surface area contributed by atoms with E-state index >= 15 is 0 Å². The lowest BCUT2D eigenvalue weighted by Crippen LogP contribution is -2.19. The number of aliphatic carboxylic acids is 1. The van der Waals surface area contributed by atoms with Crippen LogP contribution in [0.4, 0.5) is 5.13 Å². The Hall–Kier alpha value is -1.17. The van der Waals surface area contributed by atoms with Crippen molar-refractivity contribution < 1.29 is 9.90 Å². The summed E-state index contributed by atoms with van der Waals surface area (Å²) in [4.78, 5) is 10.6. The van der Waals surface area contributed by atoms with Crippen molar-refractivity contribution >= 4 is 22.4 Å². The molecule has 1 heterocycles. The molecule has 90 valence electrons. The first-order chi connectivity index (χ1) is 7.49. The maximum Gasteiger partial charge on any atom is 0.308 e. The van der Waals surface area contributed by atoms with Crippen LogP contribution in [0.3, 0.4) is 0 Å². The average molecular weight is 243 g/mol. The van der Waals surface area contributed by atoms with E-state index in [4.69, 9.17) is 5.11 Å². The minimum Gasteiger partial charge on any atom is -0.481 e. The highest BCUT2D eigenvalue weighted by Crippen LogP contribution is 2.18. The van der Waals surface area contributed by atoms with Crippen molar-refractivity contribution in [3.8, 4) is 0 Å². The molecule has 0 saturated carbocycles. The number of carboxylic acids is 1. The highest BCUT2D eigenvalue weighted by atomic mass is 32.1. The van der Waals surface area contributed by atoms with E-state index in [9.17, 15) is 4.79 Å².